The standard InChI is InChI=1S/C65H123NO13/c1-3-5-7-9-11-13-15-17-19-20-21-22-23-24-25-26-27-28-29-30-31-32-33-34-35-37-39-41-43-45-47-49-57(70)66-53(54(69)48-46-44-42-40-38-36-18-16-14-12-10-8-6-4-2)52-76-64-62(75)60(73)63(56(51-68)78-64)79-65-61(74)59(72)58(71)55(50-67)77-65/h20-21,46,48,53-56,58-65,67-69,71-75H,3-19,22-45,47,49-52H2,1-2H3,(H,66,70)/b21-20-,48-46+. The van der Waals surface area contributed by atoms with Crippen LogP contribution in [-0.4, -0.2) is 140 Å². The molecule has 2 rings (SSSR count). The number of rotatable bonds is 54. The monoisotopic (exact) mass is 1130 g/mol. The number of carbonyl (C=O) groups is 1. The summed E-state index contributed by atoms with van der Waals surface area (Å²) in [7, 11) is 0. The molecule has 2 aliphatic heterocycles. The van der Waals surface area contributed by atoms with Gasteiger partial charge in [0.2, 0.25) is 5.91 Å². The van der Waals surface area contributed by atoms with Gasteiger partial charge < -0.3 is 65.1 Å². The maximum atomic E-state index is 13.3. The van der Waals surface area contributed by atoms with Crippen molar-refractivity contribution in [1.29, 1.82) is 0 Å². The Labute approximate surface area is 481 Å². The molecule has 0 bridgehead atoms. The second-order valence-electron chi connectivity index (χ2n) is 23.6. The first kappa shape index (κ1) is 73.6. The molecule has 14 nitrogen and oxygen atoms in total. The first-order valence-electron chi connectivity index (χ1n) is 33.1. The molecule has 14 heteroatoms. The lowest BCUT2D eigenvalue weighted by Crippen LogP contribution is -2.65. The van der Waals surface area contributed by atoms with Gasteiger partial charge in [-0.05, 0) is 44.9 Å². The highest BCUT2D eigenvalue weighted by molar-refractivity contribution is 5.76. The van der Waals surface area contributed by atoms with Gasteiger partial charge in [0, 0.05) is 6.42 Å². The molecule has 2 aliphatic rings. The van der Waals surface area contributed by atoms with E-state index in [2.05, 4.69) is 31.3 Å². The fraction of sp³-hybridized carbons (Fsp3) is 0.923. The van der Waals surface area contributed by atoms with Crippen LogP contribution in [0, 0.1) is 0 Å². The minimum Gasteiger partial charge on any atom is -0.394 e. The molecule has 0 aromatic rings. The maximum absolute atomic E-state index is 13.3. The van der Waals surface area contributed by atoms with Crippen LogP contribution in [0.15, 0.2) is 24.3 Å². The summed E-state index contributed by atoms with van der Waals surface area (Å²) in [5, 5.41) is 87.2. The summed E-state index contributed by atoms with van der Waals surface area (Å²) in [6.07, 6.45) is 45.3. The Bertz CT molecular complexity index is 1420. The van der Waals surface area contributed by atoms with Gasteiger partial charge >= 0.3 is 0 Å². The molecule has 0 aromatic carbocycles. The number of amides is 1. The smallest absolute Gasteiger partial charge is 0.220 e. The predicted octanol–water partition coefficient (Wildman–Crippen LogP) is 12.4. The van der Waals surface area contributed by atoms with Gasteiger partial charge in [0.1, 0.15) is 48.8 Å². The second kappa shape index (κ2) is 50.9. The van der Waals surface area contributed by atoms with Crippen molar-refractivity contribution in [3.8, 4) is 0 Å². The van der Waals surface area contributed by atoms with Gasteiger partial charge in [0.25, 0.3) is 0 Å². The van der Waals surface area contributed by atoms with E-state index in [1.165, 1.54) is 225 Å². The Morgan fingerprint density at radius 2 is 0.797 bits per heavy atom. The Balaban J connectivity index is 1.64. The number of nitrogens with one attached hydrogen (secondary N) is 1. The van der Waals surface area contributed by atoms with E-state index in [1.54, 1.807) is 6.08 Å². The number of carbonyl (C=O) groups excluding carboxylic acids is 1. The number of hydrogen-bond donors (Lipinski definition) is 9. The Kier molecular flexibility index (Phi) is 47.4. The number of hydrogen-bond acceptors (Lipinski definition) is 13. The van der Waals surface area contributed by atoms with Crippen LogP contribution >= 0.6 is 0 Å². The number of allylic oxidation sites excluding steroid dienone is 3. The summed E-state index contributed by atoms with van der Waals surface area (Å²) in [5.41, 5.74) is 0. The van der Waals surface area contributed by atoms with Crippen LogP contribution in [0.3, 0.4) is 0 Å². The van der Waals surface area contributed by atoms with Crippen molar-refractivity contribution in [2.24, 2.45) is 0 Å². The number of ether oxygens (including phenoxy) is 4. The van der Waals surface area contributed by atoms with Crippen LogP contribution in [0.1, 0.15) is 290 Å². The molecule has 0 spiro atoms. The van der Waals surface area contributed by atoms with Gasteiger partial charge in [-0.15, -0.1) is 0 Å². The van der Waals surface area contributed by atoms with Gasteiger partial charge in [0.05, 0.1) is 32.0 Å². The molecule has 2 fully saturated rings. The minimum atomic E-state index is -1.79. The van der Waals surface area contributed by atoms with Crippen LogP contribution in [0.2, 0.25) is 0 Å². The molecule has 0 radical (unpaired) electrons. The van der Waals surface area contributed by atoms with Crippen LogP contribution in [0.5, 0.6) is 0 Å². The molecule has 9 N–H and O–H groups in total. The van der Waals surface area contributed by atoms with Crippen molar-refractivity contribution in [1.82, 2.24) is 5.32 Å². The summed E-state index contributed by atoms with van der Waals surface area (Å²) in [5.74, 6) is -0.234. The van der Waals surface area contributed by atoms with E-state index in [1.807, 2.05) is 6.08 Å². The average molecular weight is 1130 g/mol. The highest BCUT2D eigenvalue weighted by atomic mass is 16.7. The first-order chi connectivity index (χ1) is 38.6. The summed E-state index contributed by atoms with van der Waals surface area (Å²) < 4.78 is 22.8. The molecule has 2 saturated heterocycles. The van der Waals surface area contributed by atoms with Gasteiger partial charge in [-0.3, -0.25) is 4.79 Å². The van der Waals surface area contributed by atoms with Crippen molar-refractivity contribution in [3.05, 3.63) is 24.3 Å². The van der Waals surface area contributed by atoms with Crippen molar-refractivity contribution in [2.45, 2.75) is 364 Å². The summed E-state index contributed by atoms with van der Waals surface area (Å²) in [6.45, 7) is 2.82. The SMILES string of the molecule is CCCCCCCCCC/C=C\CCCCCCCCCCCCCCCCCCCCCC(=O)NC(COC1OC(CO)C(OC2OC(CO)C(O)C(O)C2O)C(O)C1O)C(O)/C=C/CCCCCCCCCCCCCC. The second-order valence-corrected chi connectivity index (χ2v) is 23.6. The van der Waals surface area contributed by atoms with Crippen LogP contribution in [-0.2, 0) is 23.7 Å². The van der Waals surface area contributed by atoms with E-state index >= 15 is 0 Å². The van der Waals surface area contributed by atoms with Crippen molar-refractivity contribution in [2.75, 3.05) is 19.8 Å². The summed E-state index contributed by atoms with van der Waals surface area (Å²) >= 11 is 0. The van der Waals surface area contributed by atoms with Crippen LogP contribution < -0.4 is 5.32 Å². The lowest BCUT2D eigenvalue weighted by atomic mass is 9.97. The summed E-state index contributed by atoms with van der Waals surface area (Å²) in [4.78, 5) is 13.3. The molecule has 466 valence electrons. The third-order valence-electron chi connectivity index (χ3n) is 16.4. The zero-order chi connectivity index (χ0) is 57.4. The number of aliphatic hydroxyl groups excluding tert-OH is 8. The van der Waals surface area contributed by atoms with Gasteiger partial charge in [-0.1, -0.05) is 263 Å². The largest absolute Gasteiger partial charge is 0.394 e. The van der Waals surface area contributed by atoms with Gasteiger partial charge in [-0.2, -0.15) is 0 Å². The molecule has 0 aliphatic carbocycles. The lowest BCUT2D eigenvalue weighted by Gasteiger charge is -2.46. The van der Waals surface area contributed by atoms with Gasteiger partial charge in [-0.25, -0.2) is 0 Å². The zero-order valence-corrected chi connectivity index (χ0v) is 50.4. The van der Waals surface area contributed by atoms with Crippen LogP contribution in [0.25, 0.3) is 0 Å². The Morgan fingerprint density at radius 1 is 0.443 bits per heavy atom. The predicted molar refractivity (Wildman–Crippen MR) is 318 cm³/mol. The van der Waals surface area contributed by atoms with Crippen molar-refractivity contribution in [3.63, 3.8) is 0 Å². The fourth-order valence-electron chi connectivity index (χ4n) is 11.1. The molecule has 2 heterocycles. The maximum Gasteiger partial charge on any atom is 0.220 e. The van der Waals surface area contributed by atoms with E-state index in [-0.39, 0.29) is 18.9 Å². The highest BCUT2D eigenvalue weighted by Gasteiger charge is 2.51. The normalized spacial score (nSPS) is 24.5. The lowest BCUT2D eigenvalue weighted by molar-refractivity contribution is -0.359. The van der Waals surface area contributed by atoms with Crippen molar-refractivity contribution >= 4 is 5.91 Å². The summed E-state index contributed by atoms with van der Waals surface area (Å²) in [6, 6.07) is -0.911. The van der Waals surface area contributed by atoms with E-state index in [0.29, 0.717) is 6.42 Å². The molecule has 0 aromatic heterocycles. The fourth-order valence-corrected chi connectivity index (χ4v) is 11.1. The minimum absolute atomic E-state index is 0.234. The highest BCUT2D eigenvalue weighted by Crippen LogP contribution is 2.30. The van der Waals surface area contributed by atoms with E-state index in [4.69, 9.17) is 18.9 Å². The molecule has 1 amide bonds. The van der Waals surface area contributed by atoms with E-state index in [0.717, 1.165) is 38.5 Å². The molecular formula is C65H123NO13. The average Bonchev–Trinajstić information content (AvgIpc) is 3.55. The molecule has 79 heavy (non-hydrogen) atoms. The Hall–Kier alpha value is -1.53. The number of unbranched alkanes of at least 4 members (excludes halogenated alkanes) is 39. The first-order valence-corrected chi connectivity index (χ1v) is 33.1. The third-order valence-corrected chi connectivity index (χ3v) is 16.4. The number of aliphatic hydroxyl groups is 8. The topological polar surface area (TPSA) is 228 Å². The quantitative estimate of drug-likeness (QED) is 0.0204. The third kappa shape index (κ3) is 36.0. The van der Waals surface area contributed by atoms with E-state index in [9.17, 15) is 45.6 Å². The van der Waals surface area contributed by atoms with Crippen molar-refractivity contribution < 1.29 is 64.6 Å². The van der Waals surface area contributed by atoms with E-state index < -0.39 is 86.8 Å². The molecular weight excluding hydrogens is 1000 g/mol. The van der Waals surface area contributed by atoms with Gasteiger partial charge in [0.15, 0.2) is 12.6 Å². The Morgan fingerprint density at radius 3 is 1.20 bits per heavy atom. The van der Waals surface area contributed by atoms with Crippen LogP contribution in [0.4, 0.5) is 0 Å². The molecule has 12 atom stereocenters. The zero-order valence-electron chi connectivity index (χ0n) is 50.4. The molecule has 0 saturated carbocycles. The molecule has 12 unspecified atom stereocenters.